The highest BCUT2D eigenvalue weighted by Gasteiger charge is 2.25. The van der Waals surface area contributed by atoms with Crippen LogP contribution in [0.3, 0.4) is 0 Å². The first kappa shape index (κ1) is 17.2. The van der Waals surface area contributed by atoms with E-state index in [-0.39, 0.29) is 18.4 Å². The zero-order valence-electron chi connectivity index (χ0n) is 14.4. The molecule has 4 heteroatoms. The summed E-state index contributed by atoms with van der Waals surface area (Å²) in [6.45, 7) is 1.62. The molecule has 0 fully saturated rings. The summed E-state index contributed by atoms with van der Waals surface area (Å²) in [6.07, 6.45) is 2.37. The lowest BCUT2D eigenvalue weighted by Gasteiger charge is -2.27. The Hall–Kier alpha value is -2.62. The Bertz CT molecular complexity index is 742. The predicted molar refractivity (Wildman–Crippen MR) is 96.0 cm³/mol. The predicted octanol–water partition coefficient (Wildman–Crippen LogP) is 3.35. The van der Waals surface area contributed by atoms with Crippen molar-refractivity contribution in [3.63, 3.8) is 0 Å². The lowest BCUT2D eigenvalue weighted by atomic mass is 9.87. The van der Waals surface area contributed by atoms with Crippen molar-refractivity contribution in [3.05, 3.63) is 71.3 Å². The van der Waals surface area contributed by atoms with Crippen LogP contribution in [-0.4, -0.2) is 18.0 Å². The lowest BCUT2D eigenvalue weighted by molar-refractivity contribution is -0.154. The molecule has 1 N–H and O–H groups in total. The van der Waals surface area contributed by atoms with E-state index in [2.05, 4.69) is 17.4 Å². The van der Waals surface area contributed by atoms with Gasteiger partial charge in [-0.2, -0.15) is 0 Å². The maximum absolute atomic E-state index is 12.4. The molecule has 3 rings (SSSR count). The van der Waals surface area contributed by atoms with E-state index >= 15 is 0 Å². The molecule has 0 saturated carbocycles. The molecule has 1 aliphatic carbocycles. The Kier molecular flexibility index (Phi) is 5.49. The van der Waals surface area contributed by atoms with Crippen molar-refractivity contribution in [1.82, 2.24) is 5.32 Å². The molecule has 0 aromatic heterocycles. The Morgan fingerprint density at radius 3 is 2.64 bits per heavy atom. The van der Waals surface area contributed by atoms with Gasteiger partial charge in [0.2, 0.25) is 0 Å². The van der Waals surface area contributed by atoms with Gasteiger partial charge in [0.15, 0.2) is 6.10 Å². The molecule has 4 nitrogen and oxygen atoms in total. The minimum Gasteiger partial charge on any atom is -0.452 e. The molecule has 0 spiro atoms. The third kappa shape index (κ3) is 4.47. The van der Waals surface area contributed by atoms with Gasteiger partial charge in [-0.1, -0.05) is 54.6 Å². The number of fused-ring (bicyclic) bond motifs is 1. The number of ether oxygens (including phenoxy) is 1. The SMILES string of the molecule is C[C@H](OC(=O)Cc1ccccc1)C(=O)N[C@@H]1CCCc2ccccc21. The number of amides is 1. The van der Waals surface area contributed by atoms with E-state index in [4.69, 9.17) is 4.74 Å². The molecule has 2 aromatic rings. The molecule has 1 aliphatic rings. The average Bonchev–Trinajstić information content (AvgIpc) is 2.62. The number of hydrogen-bond acceptors (Lipinski definition) is 3. The van der Waals surface area contributed by atoms with Crippen LogP contribution in [-0.2, 0) is 27.2 Å². The van der Waals surface area contributed by atoms with E-state index in [1.54, 1.807) is 6.92 Å². The zero-order chi connectivity index (χ0) is 17.6. The van der Waals surface area contributed by atoms with Crippen LogP contribution < -0.4 is 5.32 Å². The molecule has 0 radical (unpaired) electrons. The second-order valence-corrected chi connectivity index (χ2v) is 6.45. The lowest BCUT2D eigenvalue weighted by Crippen LogP contribution is -2.39. The Morgan fingerprint density at radius 2 is 1.84 bits per heavy atom. The molecular formula is C21H23NO3. The van der Waals surface area contributed by atoms with Crippen molar-refractivity contribution in [2.45, 2.75) is 44.8 Å². The van der Waals surface area contributed by atoms with Crippen molar-refractivity contribution in [1.29, 1.82) is 0 Å². The van der Waals surface area contributed by atoms with Gasteiger partial charge in [0.25, 0.3) is 5.91 Å². The summed E-state index contributed by atoms with van der Waals surface area (Å²) in [4.78, 5) is 24.4. The smallest absolute Gasteiger partial charge is 0.311 e. The highest BCUT2D eigenvalue weighted by molar-refractivity contribution is 5.84. The average molecular weight is 337 g/mol. The Balaban J connectivity index is 1.55. The maximum Gasteiger partial charge on any atom is 0.311 e. The van der Waals surface area contributed by atoms with Crippen molar-refractivity contribution < 1.29 is 14.3 Å². The second-order valence-electron chi connectivity index (χ2n) is 6.45. The van der Waals surface area contributed by atoms with Gasteiger partial charge in [-0.15, -0.1) is 0 Å². The second kappa shape index (κ2) is 7.97. The van der Waals surface area contributed by atoms with Crippen LogP contribution >= 0.6 is 0 Å². The number of aryl methyl sites for hydroxylation is 1. The number of benzene rings is 2. The van der Waals surface area contributed by atoms with Gasteiger partial charge in [-0.25, -0.2) is 0 Å². The summed E-state index contributed by atoms with van der Waals surface area (Å²) in [5.41, 5.74) is 3.33. The number of rotatable bonds is 5. The number of carbonyl (C=O) groups excluding carboxylic acids is 2. The molecule has 0 aliphatic heterocycles. The first-order valence-electron chi connectivity index (χ1n) is 8.75. The van der Waals surface area contributed by atoms with Crippen LogP contribution in [0.15, 0.2) is 54.6 Å². The maximum atomic E-state index is 12.4. The van der Waals surface area contributed by atoms with Crippen LogP contribution in [0.25, 0.3) is 0 Å². The Morgan fingerprint density at radius 1 is 1.12 bits per heavy atom. The van der Waals surface area contributed by atoms with E-state index in [0.717, 1.165) is 24.8 Å². The molecule has 2 aromatic carbocycles. The minimum absolute atomic E-state index is 0.00674. The van der Waals surface area contributed by atoms with Gasteiger partial charge in [-0.05, 0) is 42.9 Å². The monoisotopic (exact) mass is 337 g/mol. The third-order valence-corrected chi connectivity index (χ3v) is 4.55. The van der Waals surface area contributed by atoms with Crippen LogP contribution in [0.4, 0.5) is 0 Å². The molecule has 130 valence electrons. The molecular weight excluding hydrogens is 314 g/mol. The summed E-state index contributed by atoms with van der Waals surface area (Å²) in [7, 11) is 0. The fraction of sp³-hybridized carbons (Fsp3) is 0.333. The number of carbonyl (C=O) groups is 2. The van der Waals surface area contributed by atoms with Gasteiger partial charge in [0, 0.05) is 0 Å². The topological polar surface area (TPSA) is 55.4 Å². The van der Waals surface area contributed by atoms with Crippen molar-refractivity contribution >= 4 is 11.9 Å². The van der Waals surface area contributed by atoms with Crippen LogP contribution in [0.5, 0.6) is 0 Å². The van der Waals surface area contributed by atoms with Crippen molar-refractivity contribution in [2.24, 2.45) is 0 Å². The van der Waals surface area contributed by atoms with Gasteiger partial charge >= 0.3 is 5.97 Å². The summed E-state index contributed by atoms with van der Waals surface area (Å²) < 4.78 is 5.29. The third-order valence-electron chi connectivity index (χ3n) is 4.55. The van der Waals surface area contributed by atoms with E-state index in [1.165, 1.54) is 11.1 Å². The van der Waals surface area contributed by atoms with Gasteiger partial charge in [0.1, 0.15) is 0 Å². The van der Waals surface area contributed by atoms with E-state index in [9.17, 15) is 9.59 Å². The van der Waals surface area contributed by atoms with E-state index in [0.29, 0.717) is 0 Å². The number of nitrogens with one attached hydrogen (secondary N) is 1. The quantitative estimate of drug-likeness (QED) is 0.851. The Labute approximate surface area is 148 Å². The fourth-order valence-corrected chi connectivity index (χ4v) is 3.25. The summed E-state index contributed by atoms with van der Waals surface area (Å²) in [5.74, 6) is -0.638. The molecule has 0 bridgehead atoms. The van der Waals surface area contributed by atoms with E-state index < -0.39 is 12.1 Å². The first-order chi connectivity index (χ1) is 12.1. The van der Waals surface area contributed by atoms with Gasteiger partial charge in [0.05, 0.1) is 12.5 Å². The highest BCUT2D eigenvalue weighted by Crippen LogP contribution is 2.29. The fourth-order valence-electron chi connectivity index (χ4n) is 3.25. The van der Waals surface area contributed by atoms with Crippen LogP contribution in [0.2, 0.25) is 0 Å². The standard InChI is InChI=1S/C21H23NO3/c1-15(25-20(23)14-16-8-3-2-4-9-16)21(24)22-19-13-7-11-17-10-5-6-12-18(17)19/h2-6,8-10,12,15,19H,7,11,13-14H2,1H3,(H,22,24)/t15-,19+/m0/s1. The van der Waals surface area contributed by atoms with Crippen LogP contribution in [0.1, 0.15) is 42.5 Å². The normalized spacial score (nSPS) is 17.2. The van der Waals surface area contributed by atoms with Gasteiger partial charge < -0.3 is 10.1 Å². The van der Waals surface area contributed by atoms with Crippen molar-refractivity contribution in [2.75, 3.05) is 0 Å². The molecule has 1 amide bonds. The molecule has 25 heavy (non-hydrogen) atoms. The van der Waals surface area contributed by atoms with Crippen molar-refractivity contribution in [3.8, 4) is 0 Å². The molecule has 0 unspecified atom stereocenters. The zero-order valence-corrected chi connectivity index (χ0v) is 14.4. The summed E-state index contributed by atoms with van der Waals surface area (Å²) in [5, 5.41) is 3.03. The number of esters is 1. The van der Waals surface area contributed by atoms with Gasteiger partial charge in [-0.3, -0.25) is 9.59 Å². The van der Waals surface area contributed by atoms with E-state index in [1.807, 2.05) is 42.5 Å². The molecule has 2 atom stereocenters. The molecule has 0 heterocycles. The summed E-state index contributed by atoms with van der Waals surface area (Å²) in [6, 6.07) is 17.6. The highest BCUT2D eigenvalue weighted by atomic mass is 16.5. The number of hydrogen-bond donors (Lipinski definition) is 1. The molecule has 0 saturated heterocycles. The summed E-state index contributed by atoms with van der Waals surface area (Å²) >= 11 is 0. The largest absolute Gasteiger partial charge is 0.452 e. The first-order valence-corrected chi connectivity index (χ1v) is 8.75. The van der Waals surface area contributed by atoms with Crippen LogP contribution in [0, 0.1) is 0 Å². The minimum atomic E-state index is -0.801.